The van der Waals surface area contributed by atoms with E-state index in [0.717, 1.165) is 24.1 Å². The van der Waals surface area contributed by atoms with Crippen molar-refractivity contribution in [1.29, 1.82) is 0 Å². The number of hydrogen-bond acceptors (Lipinski definition) is 5. The highest BCUT2D eigenvalue weighted by molar-refractivity contribution is 6.30. The van der Waals surface area contributed by atoms with Gasteiger partial charge in [-0.15, -0.1) is 0 Å². The van der Waals surface area contributed by atoms with E-state index in [1.54, 1.807) is 43.1 Å². The Labute approximate surface area is 204 Å². The van der Waals surface area contributed by atoms with E-state index in [9.17, 15) is 9.59 Å². The Bertz CT molecular complexity index is 1170. The van der Waals surface area contributed by atoms with Crippen molar-refractivity contribution < 1.29 is 14.3 Å². The molecule has 0 spiro atoms. The molecule has 2 amide bonds. The third-order valence-electron chi connectivity index (χ3n) is 5.71. The number of benzene rings is 2. The third kappa shape index (κ3) is 5.54. The van der Waals surface area contributed by atoms with Crippen molar-refractivity contribution in [3.05, 3.63) is 77.6 Å². The zero-order chi connectivity index (χ0) is 24.1. The highest BCUT2D eigenvalue weighted by atomic mass is 35.5. The molecule has 1 N–H and O–H groups in total. The van der Waals surface area contributed by atoms with Crippen LogP contribution in [0, 0.1) is 0 Å². The zero-order valence-corrected chi connectivity index (χ0v) is 20.0. The molecule has 0 unspecified atom stereocenters. The Morgan fingerprint density at radius 3 is 2.71 bits per heavy atom. The SMILES string of the molecule is CC(C)(NC(=O)COc1ccccc1)C(=O)N1CCC[C@H]1c1ccnc(-c2cccc(Cl)c2)n1. The molecule has 1 saturated heterocycles. The molecular weight excluding hydrogens is 452 g/mol. The Morgan fingerprint density at radius 2 is 1.94 bits per heavy atom. The number of carbonyl (C=O) groups excluding carboxylic acids is 2. The van der Waals surface area contributed by atoms with Crippen LogP contribution in [0.25, 0.3) is 11.4 Å². The van der Waals surface area contributed by atoms with Gasteiger partial charge in [0.2, 0.25) is 5.91 Å². The summed E-state index contributed by atoms with van der Waals surface area (Å²) in [4.78, 5) is 36.9. The fourth-order valence-corrected chi connectivity index (χ4v) is 4.30. The van der Waals surface area contributed by atoms with Crippen molar-refractivity contribution in [2.45, 2.75) is 38.3 Å². The molecule has 0 bridgehead atoms. The van der Waals surface area contributed by atoms with Crippen LogP contribution in [-0.2, 0) is 9.59 Å². The van der Waals surface area contributed by atoms with Crippen molar-refractivity contribution in [2.24, 2.45) is 0 Å². The molecule has 4 rings (SSSR count). The van der Waals surface area contributed by atoms with Gasteiger partial charge < -0.3 is 15.0 Å². The molecule has 1 atom stereocenters. The van der Waals surface area contributed by atoms with Crippen LogP contribution in [0.5, 0.6) is 5.75 Å². The Hall–Kier alpha value is -3.45. The first kappa shape index (κ1) is 23.7. The molecule has 34 heavy (non-hydrogen) atoms. The van der Waals surface area contributed by atoms with Crippen LogP contribution in [0.15, 0.2) is 66.9 Å². The first-order chi connectivity index (χ1) is 16.3. The number of carbonyl (C=O) groups is 2. The molecule has 1 aliphatic rings. The van der Waals surface area contributed by atoms with Gasteiger partial charge >= 0.3 is 0 Å². The van der Waals surface area contributed by atoms with Crippen LogP contribution in [0.1, 0.15) is 38.4 Å². The number of nitrogens with zero attached hydrogens (tertiary/aromatic N) is 3. The Morgan fingerprint density at radius 1 is 1.15 bits per heavy atom. The van der Waals surface area contributed by atoms with E-state index in [1.165, 1.54) is 0 Å². The lowest BCUT2D eigenvalue weighted by molar-refractivity contribution is -0.141. The highest BCUT2D eigenvalue weighted by Crippen LogP contribution is 2.33. The van der Waals surface area contributed by atoms with Gasteiger partial charge in [0.05, 0.1) is 11.7 Å². The number of likely N-dealkylation sites (tertiary alicyclic amines) is 1. The van der Waals surface area contributed by atoms with E-state index < -0.39 is 5.54 Å². The summed E-state index contributed by atoms with van der Waals surface area (Å²) >= 11 is 6.12. The highest BCUT2D eigenvalue weighted by Gasteiger charge is 2.40. The molecule has 1 fully saturated rings. The van der Waals surface area contributed by atoms with E-state index in [2.05, 4.69) is 10.3 Å². The number of amides is 2. The lowest BCUT2D eigenvalue weighted by atomic mass is 10.0. The summed E-state index contributed by atoms with van der Waals surface area (Å²) in [5.74, 6) is 0.639. The number of aromatic nitrogens is 2. The van der Waals surface area contributed by atoms with E-state index in [0.29, 0.717) is 23.1 Å². The smallest absolute Gasteiger partial charge is 0.258 e. The van der Waals surface area contributed by atoms with Gasteiger partial charge in [0.25, 0.3) is 5.91 Å². The lowest BCUT2D eigenvalue weighted by Gasteiger charge is -2.33. The summed E-state index contributed by atoms with van der Waals surface area (Å²) in [5, 5.41) is 3.43. The largest absolute Gasteiger partial charge is 0.484 e. The average Bonchev–Trinajstić information content (AvgIpc) is 3.32. The number of ether oxygens (including phenoxy) is 1. The van der Waals surface area contributed by atoms with Gasteiger partial charge in [-0.2, -0.15) is 0 Å². The molecule has 7 nitrogen and oxygen atoms in total. The molecule has 1 aromatic heterocycles. The lowest BCUT2D eigenvalue weighted by Crippen LogP contribution is -2.56. The standard InChI is InChI=1S/C26H27ClN4O3/c1-26(2,30-23(32)17-34-20-10-4-3-5-11-20)25(33)31-15-7-12-22(31)21-13-14-28-24(29-21)18-8-6-9-19(27)16-18/h3-6,8-11,13-14,16,22H,7,12,15,17H2,1-2H3,(H,30,32)/t22-/m0/s1. The van der Waals surface area contributed by atoms with Gasteiger partial charge in [-0.3, -0.25) is 9.59 Å². The van der Waals surface area contributed by atoms with Gasteiger partial charge in [0, 0.05) is 23.3 Å². The van der Waals surface area contributed by atoms with Crippen molar-refractivity contribution in [3.8, 4) is 17.1 Å². The molecular formula is C26H27ClN4O3. The van der Waals surface area contributed by atoms with Crippen LogP contribution in [0.2, 0.25) is 5.02 Å². The van der Waals surface area contributed by atoms with Crippen LogP contribution < -0.4 is 10.1 Å². The maximum atomic E-state index is 13.5. The van der Waals surface area contributed by atoms with Gasteiger partial charge in [-0.05, 0) is 57.0 Å². The zero-order valence-electron chi connectivity index (χ0n) is 19.2. The number of halogens is 1. The number of para-hydroxylation sites is 1. The minimum atomic E-state index is -1.09. The van der Waals surface area contributed by atoms with Crippen molar-refractivity contribution in [2.75, 3.05) is 13.2 Å². The van der Waals surface area contributed by atoms with Crippen molar-refractivity contribution in [1.82, 2.24) is 20.2 Å². The minimum absolute atomic E-state index is 0.161. The molecule has 0 radical (unpaired) electrons. The first-order valence-electron chi connectivity index (χ1n) is 11.2. The second-order valence-electron chi connectivity index (χ2n) is 8.75. The predicted octanol–water partition coefficient (Wildman–Crippen LogP) is 4.43. The van der Waals surface area contributed by atoms with Crippen LogP contribution in [0.3, 0.4) is 0 Å². The summed E-state index contributed by atoms with van der Waals surface area (Å²) in [6.45, 7) is 3.85. The maximum absolute atomic E-state index is 13.5. The predicted molar refractivity (Wildman–Crippen MR) is 130 cm³/mol. The quantitative estimate of drug-likeness (QED) is 0.543. The third-order valence-corrected chi connectivity index (χ3v) is 5.95. The van der Waals surface area contributed by atoms with Gasteiger partial charge in [0.15, 0.2) is 12.4 Å². The molecule has 3 aromatic rings. The number of nitrogens with one attached hydrogen (secondary N) is 1. The van der Waals surface area contributed by atoms with Crippen molar-refractivity contribution in [3.63, 3.8) is 0 Å². The fraction of sp³-hybridized carbons (Fsp3) is 0.308. The van der Waals surface area contributed by atoms with Crippen LogP contribution in [0.4, 0.5) is 0 Å². The number of rotatable bonds is 7. The molecule has 2 aromatic carbocycles. The molecule has 2 heterocycles. The van der Waals surface area contributed by atoms with E-state index in [1.807, 2.05) is 42.5 Å². The van der Waals surface area contributed by atoms with Crippen molar-refractivity contribution >= 4 is 23.4 Å². The second-order valence-corrected chi connectivity index (χ2v) is 9.18. The molecule has 176 valence electrons. The minimum Gasteiger partial charge on any atom is -0.484 e. The van der Waals surface area contributed by atoms with Gasteiger partial charge in [-0.1, -0.05) is 41.9 Å². The molecule has 1 aliphatic heterocycles. The monoisotopic (exact) mass is 478 g/mol. The Kier molecular flexibility index (Phi) is 7.12. The first-order valence-corrected chi connectivity index (χ1v) is 11.6. The van der Waals surface area contributed by atoms with E-state index >= 15 is 0 Å². The maximum Gasteiger partial charge on any atom is 0.258 e. The Balaban J connectivity index is 1.45. The summed E-state index contributed by atoms with van der Waals surface area (Å²) < 4.78 is 5.51. The molecule has 0 saturated carbocycles. The summed E-state index contributed by atoms with van der Waals surface area (Å²) in [5.41, 5.74) is 0.490. The normalized spacial score (nSPS) is 15.7. The summed E-state index contributed by atoms with van der Waals surface area (Å²) in [6, 6.07) is 18.1. The second kappa shape index (κ2) is 10.2. The molecule has 8 heteroatoms. The van der Waals surface area contributed by atoms with Crippen LogP contribution >= 0.6 is 11.6 Å². The van der Waals surface area contributed by atoms with Crippen LogP contribution in [-0.4, -0.2) is 45.4 Å². The van der Waals surface area contributed by atoms with Gasteiger partial charge in [-0.25, -0.2) is 9.97 Å². The van der Waals surface area contributed by atoms with E-state index in [4.69, 9.17) is 21.3 Å². The topological polar surface area (TPSA) is 84.4 Å². The summed E-state index contributed by atoms with van der Waals surface area (Å²) in [7, 11) is 0. The summed E-state index contributed by atoms with van der Waals surface area (Å²) in [6.07, 6.45) is 3.35. The van der Waals surface area contributed by atoms with E-state index in [-0.39, 0.29) is 24.5 Å². The number of hydrogen-bond donors (Lipinski definition) is 1. The fourth-order valence-electron chi connectivity index (χ4n) is 4.10. The van der Waals surface area contributed by atoms with Gasteiger partial charge in [0.1, 0.15) is 11.3 Å². The average molecular weight is 479 g/mol. The molecule has 0 aliphatic carbocycles.